The first-order valence-electron chi connectivity index (χ1n) is 9.12. The van der Waals surface area contributed by atoms with Crippen molar-refractivity contribution < 1.29 is 9.53 Å². The SMILES string of the molecule is Cc1ccc(COc2ccccc2/C=C(/C#N)C(=O)Nc2cccc(Cl)c2Cl)cc1. The molecule has 0 aliphatic carbocycles. The van der Waals surface area contributed by atoms with E-state index in [1.165, 1.54) is 11.6 Å². The molecule has 0 fully saturated rings. The highest BCUT2D eigenvalue weighted by Crippen LogP contribution is 2.30. The monoisotopic (exact) mass is 436 g/mol. The normalized spacial score (nSPS) is 10.9. The molecule has 0 atom stereocenters. The number of nitrogens with one attached hydrogen (secondary N) is 1. The Morgan fingerprint density at radius 1 is 1.07 bits per heavy atom. The van der Waals surface area contributed by atoms with Crippen LogP contribution in [0.15, 0.2) is 72.3 Å². The van der Waals surface area contributed by atoms with Crippen molar-refractivity contribution in [2.45, 2.75) is 13.5 Å². The number of aryl methyl sites for hydroxylation is 1. The number of carbonyl (C=O) groups excluding carboxylic acids is 1. The number of benzene rings is 3. The molecule has 3 rings (SSSR count). The largest absolute Gasteiger partial charge is 0.488 e. The van der Waals surface area contributed by atoms with Gasteiger partial charge in [0.1, 0.15) is 24.0 Å². The number of anilines is 1. The van der Waals surface area contributed by atoms with Gasteiger partial charge in [-0.25, -0.2) is 0 Å². The van der Waals surface area contributed by atoms with E-state index in [-0.39, 0.29) is 10.6 Å². The van der Waals surface area contributed by atoms with E-state index in [0.717, 1.165) is 5.56 Å². The van der Waals surface area contributed by atoms with Crippen molar-refractivity contribution in [3.63, 3.8) is 0 Å². The zero-order valence-corrected chi connectivity index (χ0v) is 17.7. The molecule has 0 saturated heterocycles. The van der Waals surface area contributed by atoms with Crippen LogP contribution in [0.2, 0.25) is 10.0 Å². The van der Waals surface area contributed by atoms with E-state index in [0.29, 0.717) is 28.6 Å². The number of hydrogen-bond donors (Lipinski definition) is 1. The minimum atomic E-state index is -0.588. The van der Waals surface area contributed by atoms with Crippen LogP contribution in [0.4, 0.5) is 5.69 Å². The maximum absolute atomic E-state index is 12.6. The second-order valence-corrected chi connectivity index (χ2v) is 7.32. The Morgan fingerprint density at radius 2 is 1.80 bits per heavy atom. The fraction of sp³-hybridized carbons (Fsp3) is 0.0833. The maximum atomic E-state index is 12.6. The van der Waals surface area contributed by atoms with Crippen molar-refractivity contribution in [3.05, 3.63) is 99.0 Å². The third-order valence-corrected chi connectivity index (χ3v) is 5.12. The third kappa shape index (κ3) is 5.42. The zero-order chi connectivity index (χ0) is 21.5. The van der Waals surface area contributed by atoms with Crippen LogP contribution < -0.4 is 10.1 Å². The van der Waals surface area contributed by atoms with Gasteiger partial charge in [-0.05, 0) is 36.8 Å². The molecule has 0 heterocycles. The van der Waals surface area contributed by atoms with Crippen molar-refractivity contribution in [1.82, 2.24) is 0 Å². The topological polar surface area (TPSA) is 62.1 Å². The summed E-state index contributed by atoms with van der Waals surface area (Å²) >= 11 is 12.1. The fourth-order valence-electron chi connectivity index (χ4n) is 2.67. The predicted octanol–water partition coefficient (Wildman–Crippen LogP) is 6.43. The van der Waals surface area contributed by atoms with Crippen molar-refractivity contribution in [1.29, 1.82) is 5.26 Å². The summed E-state index contributed by atoms with van der Waals surface area (Å²) in [7, 11) is 0. The number of para-hydroxylation sites is 1. The quantitative estimate of drug-likeness (QED) is 0.357. The van der Waals surface area contributed by atoms with Gasteiger partial charge >= 0.3 is 0 Å². The molecule has 0 bridgehead atoms. The van der Waals surface area contributed by atoms with Gasteiger partial charge in [-0.1, -0.05) is 77.3 Å². The molecule has 3 aromatic rings. The predicted molar refractivity (Wildman–Crippen MR) is 121 cm³/mol. The maximum Gasteiger partial charge on any atom is 0.266 e. The average Bonchev–Trinajstić information content (AvgIpc) is 2.75. The molecule has 30 heavy (non-hydrogen) atoms. The molecular formula is C24H18Cl2N2O2. The summed E-state index contributed by atoms with van der Waals surface area (Å²) in [6.45, 7) is 2.40. The lowest BCUT2D eigenvalue weighted by Gasteiger charge is -2.11. The van der Waals surface area contributed by atoms with Crippen LogP contribution in [0.3, 0.4) is 0 Å². The third-order valence-electron chi connectivity index (χ3n) is 4.30. The van der Waals surface area contributed by atoms with Crippen LogP contribution in [0.25, 0.3) is 6.08 Å². The fourth-order valence-corrected chi connectivity index (χ4v) is 3.02. The molecule has 0 aliphatic heterocycles. The molecule has 0 saturated carbocycles. The molecule has 0 radical (unpaired) electrons. The van der Waals surface area contributed by atoms with Gasteiger partial charge in [0.05, 0.1) is 15.7 Å². The van der Waals surface area contributed by atoms with Gasteiger partial charge in [-0.3, -0.25) is 4.79 Å². The molecule has 150 valence electrons. The summed E-state index contributed by atoms with van der Waals surface area (Å²) in [5.41, 5.74) is 3.06. The van der Waals surface area contributed by atoms with E-state index in [1.54, 1.807) is 30.3 Å². The van der Waals surface area contributed by atoms with E-state index < -0.39 is 5.91 Å². The summed E-state index contributed by atoms with van der Waals surface area (Å²) in [6.07, 6.45) is 1.48. The number of ether oxygens (including phenoxy) is 1. The first-order valence-corrected chi connectivity index (χ1v) is 9.88. The molecule has 0 aromatic heterocycles. The highest BCUT2D eigenvalue weighted by Gasteiger charge is 2.14. The molecular weight excluding hydrogens is 419 g/mol. The van der Waals surface area contributed by atoms with Gasteiger partial charge in [0.25, 0.3) is 5.91 Å². The van der Waals surface area contributed by atoms with Crippen LogP contribution in [0.5, 0.6) is 5.75 Å². The van der Waals surface area contributed by atoms with Crippen LogP contribution in [0, 0.1) is 18.3 Å². The molecule has 3 aromatic carbocycles. The minimum Gasteiger partial charge on any atom is -0.488 e. The second kappa shape index (κ2) is 9.98. The average molecular weight is 437 g/mol. The van der Waals surface area contributed by atoms with Crippen LogP contribution in [-0.2, 0) is 11.4 Å². The summed E-state index contributed by atoms with van der Waals surface area (Å²) in [6, 6.07) is 22.1. The van der Waals surface area contributed by atoms with E-state index in [1.807, 2.05) is 49.4 Å². The molecule has 0 unspecified atom stereocenters. The van der Waals surface area contributed by atoms with Gasteiger partial charge in [-0.2, -0.15) is 5.26 Å². The Morgan fingerprint density at radius 3 is 2.53 bits per heavy atom. The molecule has 0 aliphatic rings. The van der Waals surface area contributed by atoms with Gasteiger partial charge in [-0.15, -0.1) is 0 Å². The minimum absolute atomic E-state index is 0.0857. The number of carbonyl (C=O) groups is 1. The number of nitriles is 1. The van der Waals surface area contributed by atoms with Gasteiger partial charge in [0, 0.05) is 5.56 Å². The summed E-state index contributed by atoms with van der Waals surface area (Å²) in [4.78, 5) is 12.6. The van der Waals surface area contributed by atoms with Gasteiger partial charge in [0.15, 0.2) is 0 Å². The smallest absolute Gasteiger partial charge is 0.266 e. The Hall–Kier alpha value is -3.26. The Balaban J connectivity index is 1.80. The summed E-state index contributed by atoms with van der Waals surface area (Å²) < 4.78 is 5.92. The van der Waals surface area contributed by atoms with Crippen LogP contribution in [0.1, 0.15) is 16.7 Å². The lowest BCUT2D eigenvalue weighted by atomic mass is 10.1. The van der Waals surface area contributed by atoms with Crippen LogP contribution in [-0.4, -0.2) is 5.91 Å². The van der Waals surface area contributed by atoms with E-state index in [2.05, 4.69) is 5.32 Å². The van der Waals surface area contributed by atoms with Crippen LogP contribution >= 0.6 is 23.2 Å². The van der Waals surface area contributed by atoms with Crippen molar-refractivity contribution in [2.24, 2.45) is 0 Å². The van der Waals surface area contributed by atoms with Gasteiger partial charge in [0.2, 0.25) is 0 Å². The zero-order valence-electron chi connectivity index (χ0n) is 16.2. The van der Waals surface area contributed by atoms with Gasteiger partial charge < -0.3 is 10.1 Å². The molecule has 1 amide bonds. The van der Waals surface area contributed by atoms with Crippen molar-refractivity contribution in [2.75, 3.05) is 5.32 Å². The molecule has 1 N–H and O–H groups in total. The summed E-state index contributed by atoms with van der Waals surface area (Å²) in [5.74, 6) is -0.0191. The van der Waals surface area contributed by atoms with E-state index >= 15 is 0 Å². The highest BCUT2D eigenvalue weighted by atomic mass is 35.5. The lowest BCUT2D eigenvalue weighted by molar-refractivity contribution is -0.112. The Bertz CT molecular complexity index is 1130. The van der Waals surface area contributed by atoms with Crippen molar-refractivity contribution in [3.8, 4) is 11.8 Å². The Labute approximate surface area is 185 Å². The Kier molecular flexibility index (Phi) is 7.13. The second-order valence-electron chi connectivity index (χ2n) is 6.54. The summed E-state index contributed by atoms with van der Waals surface area (Å²) in [5, 5.41) is 12.6. The molecule has 0 spiro atoms. The first-order chi connectivity index (χ1) is 14.5. The standard InChI is InChI=1S/C24H18Cl2N2O2/c1-16-9-11-17(12-10-16)15-30-22-8-3-2-5-18(22)13-19(14-27)24(29)28-21-7-4-6-20(25)23(21)26/h2-13H,15H2,1H3,(H,28,29)/b19-13-. The van der Waals surface area contributed by atoms with Crippen molar-refractivity contribution >= 4 is 40.9 Å². The number of hydrogen-bond acceptors (Lipinski definition) is 3. The van der Waals surface area contributed by atoms with E-state index in [9.17, 15) is 10.1 Å². The number of amides is 1. The number of rotatable bonds is 6. The van der Waals surface area contributed by atoms with E-state index in [4.69, 9.17) is 27.9 Å². The number of halogens is 2. The highest BCUT2D eigenvalue weighted by molar-refractivity contribution is 6.44. The molecule has 6 heteroatoms. The molecule has 4 nitrogen and oxygen atoms in total. The lowest BCUT2D eigenvalue weighted by Crippen LogP contribution is -2.13. The first kappa shape index (κ1) is 21.4. The number of nitrogens with zero attached hydrogens (tertiary/aromatic N) is 1.